The number of ether oxygens (including phenoxy) is 1. The molecule has 0 radical (unpaired) electrons. The van der Waals surface area contributed by atoms with E-state index in [4.69, 9.17) is 4.74 Å². The van der Waals surface area contributed by atoms with Crippen molar-refractivity contribution in [3.63, 3.8) is 0 Å². The summed E-state index contributed by atoms with van der Waals surface area (Å²) in [4.78, 5) is 12.0. The standard InChI is InChI=1S/C19H22N2O3/c22-18-9-5-4-8-17(18)21-19(23)20-14-10-12-16(13-11-14)24-15-6-2-1-3-7-15/h1-3,6-7,10-13,17-18,22H,4-5,8-9H2,(H2,20,21,23). The Bertz CT molecular complexity index is 658. The minimum Gasteiger partial charge on any atom is -0.457 e. The summed E-state index contributed by atoms with van der Waals surface area (Å²) in [6, 6.07) is 16.2. The van der Waals surface area contributed by atoms with Gasteiger partial charge in [-0.15, -0.1) is 0 Å². The Kier molecular flexibility index (Phi) is 5.33. The number of aliphatic hydroxyl groups is 1. The van der Waals surface area contributed by atoms with Gasteiger partial charge in [0.15, 0.2) is 0 Å². The number of nitrogens with one attached hydrogen (secondary N) is 2. The summed E-state index contributed by atoms with van der Waals surface area (Å²) in [5, 5.41) is 15.5. The maximum absolute atomic E-state index is 12.0. The van der Waals surface area contributed by atoms with E-state index in [9.17, 15) is 9.90 Å². The predicted molar refractivity (Wildman–Crippen MR) is 93.4 cm³/mol. The highest BCUT2D eigenvalue weighted by molar-refractivity contribution is 5.89. The fraction of sp³-hybridized carbons (Fsp3) is 0.316. The number of amides is 2. The first-order valence-electron chi connectivity index (χ1n) is 8.29. The van der Waals surface area contributed by atoms with Crippen LogP contribution in [0.3, 0.4) is 0 Å². The van der Waals surface area contributed by atoms with Gasteiger partial charge in [-0.1, -0.05) is 31.0 Å². The molecule has 1 aliphatic rings. The number of carbonyl (C=O) groups is 1. The molecule has 2 unspecified atom stereocenters. The van der Waals surface area contributed by atoms with E-state index >= 15 is 0 Å². The number of hydrogen-bond donors (Lipinski definition) is 3. The largest absolute Gasteiger partial charge is 0.457 e. The maximum Gasteiger partial charge on any atom is 0.319 e. The van der Waals surface area contributed by atoms with Gasteiger partial charge in [0.1, 0.15) is 11.5 Å². The molecule has 0 heterocycles. The number of aliphatic hydroxyl groups excluding tert-OH is 1. The van der Waals surface area contributed by atoms with Crippen molar-refractivity contribution in [1.82, 2.24) is 5.32 Å². The molecule has 5 heteroatoms. The zero-order chi connectivity index (χ0) is 16.8. The van der Waals surface area contributed by atoms with Crippen LogP contribution < -0.4 is 15.4 Å². The first-order chi connectivity index (χ1) is 11.7. The summed E-state index contributed by atoms with van der Waals surface area (Å²) >= 11 is 0. The van der Waals surface area contributed by atoms with Gasteiger partial charge in [0.2, 0.25) is 0 Å². The van der Waals surface area contributed by atoms with Crippen molar-refractivity contribution in [2.24, 2.45) is 0 Å². The molecule has 1 saturated carbocycles. The second-order valence-corrected chi connectivity index (χ2v) is 6.00. The van der Waals surface area contributed by atoms with Crippen LogP contribution >= 0.6 is 0 Å². The minimum atomic E-state index is -0.453. The Morgan fingerprint density at radius 1 is 0.958 bits per heavy atom. The molecule has 0 spiro atoms. The lowest BCUT2D eigenvalue weighted by Crippen LogP contribution is -2.46. The molecule has 5 nitrogen and oxygen atoms in total. The topological polar surface area (TPSA) is 70.6 Å². The Morgan fingerprint density at radius 2 is 1.62 bits per heavy atom. The van der Waals surface area contributed by atoms with Gasteiger partial charge in [0, 0.05) is 5.69 Å². The molecule has 0 aromatic heterocycles. The van der Waals surface area contributed by atoms with E-state index in [1.54, 1.807) is 24.3 Å². The SMILES string of the molecule is O=C(Nc1ccc(Oc2ccccc2)cc1)NC1CCCCC1O. The van der Waals surface area contributed by atoms with E-state index in [2.05, 4.69) is 10.6 Å². The third kappa shape index (κ3) is 4.49. The zero-order valence-electron chi connectivity index (χ0n) is 13.4. The number of hydrogen-bond acceptors (Lipinski definition) is 3. The highest BCUT2D eigenvalue weighted by Gasteiger charge is 2.24. The van der Waals surface area contributed by atoms with Gasteiger partial charge in [0.05, 0.1) is 12.1 Å². The van der Waals surface area contributed by atoms with Crippen molar-refractivity contribution in [2.75, 3.05) is 5.32 Å². The minimum absolute atomic E-state index is 0.167. The van der Waals surface area contributed by atoms with Crippen molar-refractivity contribution in [1.29, 1.82) is 0 Å². The number of urea groups is 1. The summed E-state index contributed by atoms with van der Waals surface area (Å²) in [6.45, 7) is 0. The van der Waals surface area contributed by atoms with Crippen LogP contribution in [-0.4, -0.2) is 23.3 Å². The van der Waals surface area contributed by atoms with Gasteiger partial charge < -0.3 is 20.5 Å². The smallest absolute Gasteiger partial charge is 0.319 e. The summed E-state index contributed by atoms with van der Waals surface area (Å²) in [7, 11) is 0. The first kappa shape index (κ1) is 16.3. The molecular formula is C19H22N2O3. The van der Waals surface area contributed by atoms with Crippen LogP contribution in [0, 0.1) is 0 Å². The van der Waals surface area contributed by atoms with E-state index < -0.39 is 6.10 Å². The molecule has 0 aliphatic heterocycles. The van der Waals surface area contributed by atoms with Crippen LogP contribution in [-0.2, 0) is 0 Å². The summed E-state index contributed by atoms with van der Waals surface area (Å²) in [5.41, 5.74) is 0.679. The molecule has 2 amide bonds. The molecular weight excluding hydrogens is 304 g/mol. The van der Waals surface area contributed by atoms with E-state index in [0.29, 0.717) is 11.4 Å². The van der Waals surface area contributed by atoms with Gasteiger partial charge in [-0.05, 0) is 49.2 Å². The summed E-state index contributed by atoms with van der Waals surface area (Å²) in [6.07, 6.45) is 3.16. The van der Waals surface area contributed by atoms with Crippen molar-refractivity contribution in [2.45, 2.75) is 37.8 Å². The van der Waals surface area contributed by atoms with Crippen LogP contribution in [0.25, 0.3) is 0 Å². The maximum atomic E-state index is 12.0. The lowest BCUT2D eigenvalue weighted by Gasteiger charge is -2.28. The molecule has 1 fully saturated rings. The monoisotopic (exact) mass is 326 g/mol. The van der Waals surface area contributed by atoms with Crippen molar-refractivity contribution < 1.29 is 14.6 Å². The Morgan fingerprint density at radius 3 is 2.33 bits per heavy atom. The molecule has 0 bridgehead atoms. The van der Waals surface area contributed by atoms with Crippen LogP contribution in [0.5, 0.6) is 11.5 Å². The van der Waals surface area contributed by atoms with Crippen molar-refractivity contribution >= 4 is 11.7 Å². The van der Waals surface area contributed by atoms with Gasteiger partial charge in [-0.2, -0.15) is 0 Å². The number of anilines is 1. The lowest BCUT2D eigenvalue weighted by atomic mass is 9.93. The third-order valence-electron chi connectivity index (χ3n) is 4.14. The van der Waals surface area contributed by atoms with E-state index in [-0.39, 0.29) is 12.1 Å². The number of rotatable bonds is 4. The van der Waals surface area contributed by atoms with Gasteiger partial charge >= 0.3 is 6.03 Å². The highest BCUT2D eigenvalue weighted by Crippen LogP contribution is 2.23. The average molecular weight is 326 g/mol. The molecule has 3 rings (SSSR count). The second-order valence-electron chi connectivity index (χ2n) is 6.00. The van der Waals surface area contributed by atoms with E-state index in [0.717, 1.165) is 31.4 Å². The molecule has 2 aromatic carbocycles. The van der Waals surface area contributed by atoms with E-state index in [1.165, 1.54) is 0 Å². The second kappa shape index (κ2) is 7.84. The number of para-hydroxylation sites is 1. The predicted octanol–water partition coefficient (Wildman–Crippen LogP) is 3.90. The van der Waals surface area contributed by atoms with Crippen molar-refractivity contribution in [3.8, 4) is 11.5 Å². The Labute approximate surface area is 141 Å². The molecule has 2 atom stereocenters. The molecule has 24 heavy (non-hydrogen) atoms. The third-order valence-corrected chi connectivity index (χ3v) is 4.14. The molecule has 0 saturated heterocycles. The van der Waals surface area contributed by atoms with Crippen LogP contribution in [0.15, 0.2) is 54.6 Å². The molecule has 2 aromatic rings. The first-order valence-corrected chi connectivity index (χ1v) is 8.29. The molecule has 3 N–H and O–H groups in total. The summed E-state index contributed by atoms with van der Waals surface area (Å²) in [5.74, 6) is 1.47. The zero-order valence-corrected chi connectivity index (χ0v) is 13.4. The Hall–Kier alpha value is -2.53. The fourth-order valence-electron chi connectivity index (χ4n) is 2.85. The highest BCUT2D eigenvalue weighted by atomic mass is 16.5. The lowest BCUT2D eigenvalue weighted by molar-refractivity contribution is 0.0955. The molecule has 126 valence electrons. The van der Waals surface area contributed by atoms with E-state index in [1.807, 2.05) is 30.3 Å². The average Bonchev–Trinajstić information content (AvgIpc) is 2.60. The number of carbonyl (C=O) groups excluding carboxylic acids is 1. The van der Waals surface area contributed by atoms with Crippen LogP contribution in [0.2, 0.25) is 0 Å². The van der Waals surface area contributed by atoms with Gasteiger partial charge in [-0.25, -0.2) is 4.79 Å². The number of benzene rings is 2. The fourth-order valence-corrected chi connectivity index (χ4v) is 2.85. The van der Waals surface area contributed by atoms with Crippen LogP contribution in [0.1, 0.15) is 25.7 Å². The van der Waals surface area contributed by atoms with Gasteiger partial charge in [-0.3, -0.25) is 0 Å². The van der Waals surface area contributed by atoms with Crippen LogP contribution in [0.4, 0.5) is 10.5 Å². The van der Waals surface area contributed by atoms with Crippen molar-refractivity contribution in [3.05, 3.63) is 54.6 Å². The van der Waals surface area contributed by atoms with Gasteiger partial charge in [0.25, 0.3) is 0 Å². The summed E-state index contributed by atoms with van der Waals surface area (Å²) < 4.78 is 5.71. The molecule has 1 aliphatic carbocycles. The normalized spacial score (nSPS) is 20.2. The Balaban J connectivity index is 1.53. The quantitative estimate of drug-likeness (QED) is 0.798.